The van der Waals surface area contributed by atoms with Gasteiger partial charge in [-0.05, 0) is 35.9 Å². The predicted octanol–water partition coefficient (Wildman–Crippen LogP) is 2.13. The number of fused-ring (bicyclic) bond motifs is 2. The van der Waals surface area contributed by atoms with Crippen LogP contribution in [0, 0.1) is 0 Å². The van der Waals surface area contributed by atoms with E-state index in [0.717, 1.165) is 11.3 Å². The maximum absolute atomic E-state index is 12.5. The summed E-state index contributed by atoms with van der Waals surface area (Å²) in [4.78, 5) is 22.8. The van der Waals surface area contributed by atoms with E-state index >= 15 is 0 Å². The number of benzene rings is 2. The normalized spacial score (nSPS) is 13.6. The molecule has 0 unspecified atom stereocenters. The zero-order chi connectivity index (χ0) is 20.6. The van der Waals surface area contributed by atoms with Crippen LogP contribution in [0.3, 0.4) is 0 Å². The smallest absolute Gasteiger partial charge is 0.238 e. The van der Waals surface area contributed by atoms with Gasteiger partial charge >= 0.3 is 0 Å². The molecule has 2 heterocycles. The molecule has 4 N–H and O–H groups in total. The number of anilines is 5. The van der Waals surface area contributed by atoms with E-state index in [0.29, 0.717) is 23.1 Å². The van der Waals surface area contributed by atoms with E-state index in [1.165, 1.54) is 17.0 Å². The second-order valence-electron chi connectivity index (χ2n) is 6.53. The molecule has 10 heteroatoms. The first kappa shape index (κ1) is 18.8. The van der Waals surface area contributed by atoms with Crippen molar-refractivity contribution in [3.8, 4) is 0 Å². The third kappa shape index (κ3) is 3.89. The highest BCUT2D eigenvalue weighted by Crippen LogP contribution is 2.32. The van der Waals surface area contributed by atoms with Gasteiger partial charge in [-0.1, -0.05) is 18.2 Å². The largest absolute Gasteiger partial charge is 0.338 e. The molecule has 3 aromatic rings. The molecule has 0 fully saturated rings. The number of primary sulfonamides is 1. The van der Waals surface area contributed by atoms with Crippen molar-refractivity contribution in [1.82, 2.24) is 9.97 Å². The molecule has 1 aliphatic rings. The first-order chi connectivity index (χ1) is 13.8. The van der Waals surface area contributed by atoms with Crippen molar-refractivity contribution in [3.05, 3.63) is 60.3 Å². The molecule has 0 radical (unpaired) electrons. The highest BCUT2D eigenvalue weighted by molar-refractivity contribution is 7.89. The van der Waals surface area contributed by atoms with Crippen molar-refractivity contribution >= 4 is 44.8 Å². The number of nitrogens with one attached hydrogen (secondary N) is 2. The molecule has 0 spiro atoms. The summed E-state index contributed by atoms with van der Waals surface area (Å²) in [7, 11) is -2.08. The van der Waals surface area contributed by atoms with Gasteiger partial charge in [0.05, 0.1) is 17.5 Å². The Bertz CT molecular complexity index is 1190. The number of sulfonamides is 1. The number of hydrogen-bond donors (Lipinski definition) is 3. The number of likely N-dealkylation sites (N-methyl/N-ethyl adjacent to an activating group) is 1. The topological polar surface area (TPSA) is 130 Å². The Labute approximate surface area is 167 Å². The van der Waals surface area contributed by atoms with E-state index in [-0.39, 0.29) is 17.2 Å². The second-order valence-corrected chi connectivity index (χ2v) is 8.09. The Morgan fingerprint density at radius 2 is 1.86 bits per heavy atom. The van der Waals surface area contributed by atoms with Gasteiger partial charge in [-0.15, -0.1) is 0 Å². The van der Waals surface area contributed by atoms with Gasteiger partial charge in [0.1, 0.15) is 5.69 Å². The lowest BCUT2D eigenvalue weighted by Gasteiger charge is -2.25. The lowest BCUT2D eigenvalue weighted by Crippen LogP contribution is -2.30. The molecule has 1 aromatic heterocycles. The Morgan fingerprint density at radius 1 is 1.14 bits per heavy atom. The summed E-state index contributed by atoms with van der Waals surface area (Å²) in [6.45, 7) is 0. The molecule has 0 bridgehead atoms. The Morgan fingerprint density at radius 3 is 2.59 bits per heavy atom. The zero-order valence-electron chi connectivity index (χ0n) is 15.5. The minimum Gasteiger partial charge on any atom is -0.338 e. The van der Waals surface area contributed by atoms with Crippen LogP contribution in [-0.2, 0) is 21.2 Å². The highest BCUT2D eigenvalue weighted by Gasteiger charge is 2.22. The summed E-state index contributed by atoms with van der Waals surface area (Å²) in [5, 5.41) is 11.4. The number of carbonyl (C=O) groups excluding carboxylic acids is 1. The van der Waals surface area contributed by atoms with E-state index < -0.39 is 10.0 Å². The molecule has 2 aromatic carbocycles. The Hall–Kier alpha value is -3.50. The van der Waals surface area contributed by atoms with E-state index in [2.05, 4.69) is 20.6 Å². The zero-order valence-corrected chi connectivity index (χ0v) is 16.3. The predicted molar refractivity (Wildman–Crippen MR) is 110 cm³/mol. The number of nitrogens with zero attached hydrogens (tertiary/aromatic N) is 3. The quantitative estimate of drug-likeness (QED) is 0.603. The molecule has 1 amide bonds. The number of amides is 1. The third-order valence-electron chi connectivity index (χ3n) is 4.56. The van der Waals surface area contributed by atoms with Crippen molar-refractivity contribution in [2.45, 2.75) is 11.3 Å². The molecular formula is C19H18N6O3S. The Balaban J connectivity index is 1.67. The van der Waals surface area contributed by atoms with Crippen LogP contribution >= 0.6 is 0 Å². The fraction of sp³-hybridized carbons (Fsp3) is 0.105. The van der Waals surface area contributed by atoms with Crippen LogP contribution in [0.5, 0.6) is 0 Å². The fourth-order valence-corrected chi connectivity index (χ4v) is 3.49. The van der Waals surface area contributed by atoms with Crippen molar-refractivity contribution in [2.24, 2.45) is 5.14 Å². The fourth-order valence-electron chi connectivity index (χ4n) is 2.97. The molecule has 148 valence electrons. The van der Waals surface area contributed by atoms with Crippen molar-refractivity contribution in [3.63, 3.8) is 0 Å². The van der Waals surface area contributed by atoms with Crippen LogP contribution in [0.1, 0.15) is 5.56 Å². The molecule has 0 aliphatic carbocycles. The van der Waals surface area contributed by atoms with Gasteiger partial charge in [-0.2, -0.15) is 4.98 Å². The molecule has 0 saturated heterocycles. The number of hydrogen-bond acceptors (Lipinski definition) is 7. The summed E-state index contributed by atoms with van der Waals surface area (Å²) in [5.74, 6) is 0.702. The number of rotatable bonds is 3. The molecule has 0 saturated carbocycles. The summed E-state index contributed by atoms with van der Waals surface area (Å²) in [6.07, 6.45) is 1.83. The van der Waals surface area contributed by atoms with Gasteiger partial charge in [-0.3, -0.25) is 4.79 Å². The van der Waals surface area contributed by atoms with E-state index in [9.17, 15) is 13.2 Å². The lowest BCUT2D eigenvalue weighted by atomic mass is 10.1. The summed E-state index contributed by atoms with van der Waals surface area (Å²) >= 11 is 0. The second kappa shape index (κ2) is 7.15. The van der Waals surface area contributed by atoms with Crippen molar-refractivity contribution in [1.29, 1.82) is 0 Å². The number of nitrogens with two attached hydrogens (primary N) is 1. The molecule has 4 rings (SSSR count). The monoisotopic (exact) mass is 410 g/mol. The van der Waals surface area contributed by atoms with Crippen LogP contribution < -0.4 is 20.7 Å². The van der Waals surface area contributed by atoms with Gasteiger partial charge in [0.2, 0.25) is 21.9 Å². The maximum atomic E-state index is 12.5. The summed E-state index contributed by atoms with van der Waals surface area (Å²) in [5.41, 5.74) is 2.83. The standard InChI is InChI=1S/C19H18N6O3S/c1-25-16-11-21-19(22-13-6-8-14(9-7-13)29(20,27)28)24-18(16)23-15-5-3-2-4-12(15)10-17(25)26/h2-9,11H,10H2,1H3,(H2,20,27,28)(H2,21,22,23,24). The van der Waals surface area contributed by atoms with Crippen molar-refractivity contribution in [2.75, 3.05) is 22.6 Å². The van der Waals surface area contributed by atoms with Gasteiger partial charge in [-0.25, -0.2) is 18.5 Å². The Kier molecular flexibility index (Phi) is 4.65. The first-order valence-electron chi connectivity index (χ1n) is 8.70. The average Bonchev–Trinajstić information content (AvgIpc) is 2.68. The van der Waals surface area contributed by atoms with Crippen LogP contribution in [0.25, 0.3) is 0 Å². The minimum absolute atomic E-state index is 0.0144. The number of para-hydroxylation sites is 1. The maximum Gasteiger partial charge on any atom is 0.238 e. The van der Waals surface area contributed by atoms with Crippen LogP contribution in [0.15, 0.2) is 59.6 Å². The van der Waals surface area contributed by atoms with Crippen molar-refractivity contribution < 1.29 is 13.2 Å². The van der Waals surface area contributed by atoms with Gasteiger partial charge in [0.15, 0.2) is 5.82 Å². The average molecular weight is 410 g/mol. The summed E-state index contributed by atoms with van der Waals surface area (Å²) in [6, 6.07) is 13.5. The third-order valence-corrected chi connectivity index (χ3v) is 5.49. The molecule has 9 nitrogen and oxygen atoms in total. The minimum atomic E-state index is -3.76. The van der Waals surface area contributed by atoms with Crippen LogP contribution in [-0.4, -0.2) is 31.3 Å². The van der Waals surface area contributed by atoms with Gasteiger partial charge < -0.3 is 15.5 Å². The van der Waals surface area contributed by atoms with E-state index in [1.807, 2.05) is 24.3 Å². The van der Waals surface area contributed by atoms with E-state index in [4.69, 9.17) is 5.14 Å². The van der Waals surface area contributed by atoms with Gasteiger partial charge in [0, 0.05) is 18.4 Å². The lowest BCUT2D eigenvalue weighted by molar-refractivity contribution is -0.117. The van der Waals surface area contributed by atoms with E-state index in [1.54, 1.807) is 25.4 Å². The molecule has 0 atom stereocenters. The van der Waals surface area contributed by atoms with Gasteiger partial charge in [0.25, 0.3) is 0 Å². The summed E-state index contributed by atoms with van der Waals surface area (Å²) < 4.78 is 22.7. The molecule has 29 heavy (non-hydrogen) atoms. The molecular weight excluding hydrogens is 392 g/mol. The number of carbonyl (C=O) groups is 1. The first-order valence-corrected chi connectivity index (χ1v) is 10.2. The molecule has 1 aliphatic heterocycles. The SMILES string of the molecule is CN1C(=O)Cc2ccccc2Nc2nc(Nc3ccc(S(N)(=O)=O)cc3)ncc21. The number of aromatic nitrogens is 2. The van der Waals surface area contributed by atoms with Crippen LogP contribution in [0.2, 0.25) is 0 Å². The highest BCUT2D eigenvalue weighted by atomic mass is 32.2. The van der Waals surface area contributed by atoms with Crippen LogP contribution in [0.4, 0.5) is 28.8 Å².